The molecule has 0 unspecified atom stereocenters. The van der Waals surface area contributed by atoms with Crippen molar-refractivity contribution < 1.29 is 14.3 Å². The van der Waals surface area contributed by atoms with E-state index in [0.717, 1.165) is 54.3 Å². The molecule has 43 heavy (non-hydrogen) atoms. The lowest BCUT2D eigenvalue weighted by molar-refractivity contribution is 0.252. The number of aromatic nitrogens is 3. The second-order valence-corrected chi connectivity index (χ2v) is 11.2. The average molecular weight is 600 g/mol. The number of hydrogen-bond acceptors (Lipinski definition) is 8. The zero-order valence-electron chi connectivity index (χ0n) is 24.7. The molecule has 11 heteroatoms. The Morgan fingerprint density at radius 2 is 1.77 bits per heavy atom. The summed E-state index contributed by atoms with van der Waals surface area (Å²) in [6.07, 6.45) is 3.80. The first-order valence-electron chi connectivity index (χ1n) is 14.2. The number of urea groups is 1. The summed E-state index contributed by atoms with van der Waals surface area (Å²) in [5.41, 5.74) is 4.43. The number of hydrogen-bond donors (Lipinski definition) is 0. The van der Waals surface area contributed by atoms with Gasteiger partial charge in [0.05, 0.1) is 37.7 Å². The highest BCUT2D eigenvalue weighted by Crippen LogP contribution is 2.39. The Morgan fingerprint density at radius 1 is 0.953 bits per heavy atom. The van der Waals surface area contributed by atoms with Gasteiger partial charge in [0.15, 0.2) is 5.82 Å². The summed E-state index contributed by atoms with van der Waals surface area (Å²) < 4.78 is 11.0. The molecular formula is C32H34ClN7O3. The van der Waals surface area contributed by atoms with E-state index < -0.39 is 0 Å². The highest BCUT2D eigenvalue weighted by Gasteiger charge is 2.36. The second-order valence-electron chi connectivity index (χ2n) is 10.8. The predicted octanol–water partition coefficient (Wildman–Crippen LogP) is 5.47. The lowest BCUT2D eigenvalue weighted by atomic mass is 10.1. The minimum absolute atomic E-state index is 0.272. The van der Waals surface area contributed by atoms with E-state index in [4.69, 9.17) is 31.0 Å². The first-order valence-corrected chi connectivity index (χ1v) is 14.6. The zero-order valence-corrected chi connectivity index (χ0v) is 25.5. The van der Waals surface area contributed by atoms with E-state index in [1.54, 1.807) is 49.7 Å². The lowest BCUT2D eigenvalue weighted by Gasteiger charge is -2.36. The Bertz CT molecular complexity index is 1620. The third-order valence-electron chi connectivity index (χ3n) is 7.98. The molecule has 0 N–H and O–H groups in total. The number of nitrogens with zero attached hydrogens (tertiary/aromatic N) is 7. The molecule has 10 nitrogen and oxygen atoms in total. The fraction of sp³-hybridized carbons (Fsp3) is 0.312. The van der Waals surface area contributed by atoms with Crippen LogP contribution in [0.3, 0.4) is 0 Å². The van der Waals surface area contributed by atoms with Crippen molar-refractivity contribution in [3.05, 3.63) is 88.5 Å². The normalized spacial score (nSPS) is 15.5. The standard InChI is InChI=1S/C32H34ClN7O3/c1-21-6-5-7-26(33)30(21)39-20-23-18-34-28(36-31(23)40(32(39)41)29-11-9-25(42-3)19-35-29)17-22-16-24(8-10-27(22)43-4)38-14-12-37(2)13-15-38/h5-11,16,18-19H,12-15,17,20H2,1-4H3. The van der Waals surface area contributed by atoms with Crippen LogP contribution >= 0.6 is 11.6 Å². The van der Waals surface area contributed by atoms with Gasteiger partial charge in [-0.05, 0) is 55.9 Å². The molecule has 2 aromatic carbocycles. The van der Waals surface area contributed by atoms with Gasteiger partial charge >= 0.3 is 6.03 Å². The number of aryl methyl sites for hydroxylation is 1. The molecule has 0 saturated carbocycles. The number of carbonyl (C=O) groups excluding carboxylic acids is 1. The number of ether oxygens (including phenoxy) is 2. The minimum Gasteiger partial charge on any atom is -0.496 e. The number of carbonyl (C=O) groups is 1. The predicted molar refractivity (Wildman–Crippen MR) is 168 cm³/mol. The first kappa shape index (κ1) is 28.7. The topological polar surface area (TPSA) is 87.2 Å². The monoisotopic (exact) mass is 599 g/mol. The Morgan fingerprint density at radius 3 is 2.47 bits per heavy atom. The Labute approximate surface area is 256 Å². The lowest BCUT2D eigenvalue weighted by Crippen LogP contribution is -2.46. The van der Waals surface area contributed by atoms with Crippen LogP contribution in [0.5, 0.6) is 11.5 Å². The molecule has 2 amide bonds. The average Bonchev–Trinajstić information content (AvgIpc) is 3.02. The van der Waals surface area contributed by atoms with Crippen molar-refractivity contribution in [2.45, 2.75) is 19.9 Å². The van der Waals surface area contributed by atoms with Crippen LogP contribution in [0.1, 0.15) is 22.5 Å². The van der Waals surface area contributed by atoms with Crippen molar-refractivity contribution in [3.63, 3.8) is 0 Å². The largest absolute Gasteiger partial charge is 0.496 e. The first-order chi connectivity index (χ1) is 20.9. The molecule has 0 spiro atoms. The number of amides is 2. The summed E-state index contributed by atoms with van der Waals surface area (Å²) >= 11 is 6.62. The Balaban J connectivity index is 1.39. The molecule has 1 fully saturated rings. The molecule has 0 bridgehead atoms. The Kier molecular flexibility index (Phi) is 8.05. The summed E-state index contributed by atoms with van der Waals surface area (Å²) in [6.45, 7) is 6.17. The van der Waals surface area contributed by atoms with Gasteiger partial charge in [0.1, 0.15) is 23.1 Å². The van der Waals surface area contributed by atoms with Gasteiger partial charge in [-0.3, -0.25) is 4.90 Å². The van der Waals surface area contributed by atoms with Gasteiger partial charge < -0.3 is 19.3 Å². The minimum atomic E-state index is -0.305. The molecule has 222 valence electrons. The summed E-state index contributed by atoms with van der Waals surface area (Å²) in [5, 5.41) is 0.490. The molecular weight excluding hydrogens is 566 g/mol. The van der Waals surface area contributed by atoms with Crippen LogP contribution in [0.15, 0.2) is 60.9 Å². The van der Waals surface area contributed by atoms with Crippen molar-refractivity contribution >= 4 is 40.6 Å². The molecule has 0 radical (unpaired) electrons. The maximum atomic E-state index is 14.2. The number of fused-ring (bicyclic) bond motifs is 1. The van der Waals surface area contributed by atoms with Crippen molar-refractivity contribution in [2.75, 3.05) is 62.1 Å². The molecule has 2 aliphatic rings. The zero-order chi connectivity index (χ0) is 30.1. The number of anilines is 4. The molecule has 1 saturated heterocycles. The molecule has 6 rings (SSSR count). The van der Waals surface area contributed by atoms with E-state index in [1.165, 1.54) is 4.90 Å². The second kappa shape index (κ2) is 12.1. The number of para-hydroxylation sites is 1. The third kappa shape index (κ3) is 5.68. The number of methoxy groups -OCH3 is 2. The van der Waals surface area contributed by atoms with E-state index >= 15 is 0 Å². The van der Waals surface area contributed by atoms with Crippen molar-refractivity contribution in [1.82, 2.24) is 19.9 Å². The van der Waals surface area contributed by atoms with Gasteiger partial charge in [0, 0.05) is 55.6 Å². The van der Waals surface area contributed by atoms with Crippen LogP contribution < -0.4 is 24.2 Å². The number of likely N-dealkylation sites (N-methyl/N-ethyl adjacent to an activating group) is 1. The van der Waals surface area contributed by atoms with E-state index in [-0.39, 0.29) is 12.6 Å². The fourth-order valence-electron chi connectivity index (χ4n) is 5.58. The van der Waals surface area contributed by atoms with Crippen LogP contribution in [0.4, 0.5) is 27.8 Å². The maximum absolute atomic E-state index is 14.2. The SMILES string of the molecule is COc1ccc(N2C(=O)N(c3c(C)cccc3Cl)Cc3cnc(Cc4cc(N5CCN(C)CC5)ccc4OC)nc32)nc1. The Hall–Kier alpha value is -4.41. The fourth-order valence-corrected chi connectivity index (χ4v) is 5.90. The van der Waals surface area contributed by atoms with E-state index in [9.17, 15) is 4.79 Å². The van der Waals surface area contributed by atoms with Gasteiger partial charge in [-0.15, -0.1) is 0 Å². The summed E-state index contributed by atoms with van der Waals surface area (Å²) in [4.78, 5) is 36.3. The molecule has 0 aliphatic carbocycles. The highest BCUT2D eigenvalue weighted by atomic mass is 35.5. The van der Waals surface area contributed by atoms with Gasteiger partial charge in [0.25, 0.3) is 0 Å². The van der Waals surface area contributed by atoms with Crippen LogP contribution in [0, 0.1) is 6.92 Å². The van der Waals surface area contributed by atoms with Crippen LogP contribution in [-0.2, 0) is 13.0 Å². The number of halogens is 1. The van der Waals surface area contributed by atoms with Crippen LogP contribution in [0.25, 0.3) is 0 Å². The third-order valence-corrected chi connectivity index (χ3v) is 8.28. The number of piperazine rings is 1. The van der Waals surface area contributed by atoms with E-state index in [1.807, 2.05) is 25.1 Å². The van der Waals surface area contributed by atoms with Gasteiger partial charge in [0.2, 0.25) is 0 Å². The number of benzene rings is 2. The quantitative estimate of drug-likeness (QED) is 0.276. The summed E-state index contributed by atoms with van der Waals surface area (Å²) in [7, 11) is 5.39. The molecule has 4 aromatic rings. The van der Waals surface area contributed by atoms with Crippen LogP contribution in [-0.4, -0.2) is 73.3 Å². The molecule has 4 heterocycles. The summed E-state index contributed by atoms with van der Waals surface area (Å²) in [5.74, 6) is 2.83. The smallest absolute Gasteiger partial charge is 0.336 e. The van der Waals surface area contributed by atoms with E-state index in [0.29, 0.717) is 40.3 Å². The van der Waals surface area contributed by atoms with Crippen molar-refractivity contribution in [1.29, 1.82) is 0 Å². The van der Waals surface area contributed by atoms with Gasteiger partial charge in [-0.25, -0.2) is 24.6 Å². The molecule has 2 aliphatic heterocycles. The molecule has 0 atom stereocenters. The number of pyridine rings is 1. The number of rotatable bonds is 7. The van der Waals surface area contributed by atoms with Crippen molar-refractivity contribution in [2.24, 2.45) is 0 Å². The van der Waals surface area contributed by atoms with E-state index in [2.05, 4.69) is 34.0 Å². The molecule has 2 aromatic heterocycles. The van der Waals surface area contributed by atoms with Crippen molar-refractivity contribution in [3.8, 4) is 11.5 Å². The van der Waals surface area contributed by atoms with Gasteiger partial charge in [-0.1, -0.05) is 23.7 Å². The van der Waals surface area contributed by atoms with Crippen LogP contribution in [0.2, 0.25) is 5.02 Å². The highest BCUT2D eigenvalue weighted by molar-refractivity contribution is 6.34. The summed E-state index contributed by atoms with van der Waals surface area (Å²) in [6, 6.07) is 15.1. The maximum Gasteiger partial charge on any atom is 0.336 e. The van der Waals surface area contributed by atoms with Gasteiger partial charge in [-0.2, -0.15) is 0 Å².